The first-order valence-electron chi connectivity index (χ1n) is 42.0. The fraction of sp³-hybridized carbons (Fsp3) is 0.364. The number of nitrogens with two attached hydrogens (primary N) is 2. The Morgan fingerprint density at radius 1 is 0.433 bits per heavy atom. The maximum absolute atomic E-state index is 13.1. The Kier molecular flexibility index (Phi) is 29.3. The molecule has 0 saturated carbocycles. The Bertz CT molecular complexity index is 5780. The molecule has 8 aromatic heterocycles. The van der Waals surface area contributed by atoms with Crippen molar-refractivity contribution in [1.29, 1.82) is 0 Å². The average Bonchev–Trinajstić information content (AvgIpc) is 0.897. The number of amides is 7. The van der Waals surface area contributed by atoms with Gasteiger partial charge in [0.1, 0.15) is 59.7 Å². The molecule has 127 heavy (non-hydrogen) atoms. The zero-order valence-electron chi connectivity index (χ0n) is 71.6. The minimum absolute atomic E-state index is 0.184. The van der Waals surface area contributed by atoms with Gasteiger partial charge >= 0.3 is 0 Å². The number of Topliss-reactive ketones (excluding diaryl/α,β-unsaturated/α-hetero) is 1. The summed E-state index contributed by atoms with van der Waals surface area (Å²) in [6.45, 7) is 18.3. The van der Waals surface area contributed by atoms with Crippen LogP contribution in [0.3, 0.4) is 0 Å². The summed E-state index contributed by atoms with van der Waals surface area (Å²) >= 11 is 5.59. The summed E-state index contributed by atoms with van der Waals surface area (Å²) in [4.78, 5) is 129. The van der Waals surface area contributed by atoms with Crippen LogP contribution in [0.1, 0.15) is 132 Å². The third-order valence-corrected chi connectivity index (χ3v) is 27.5. The normalized spacial score (nSPS) is 16.6. The van der Waals surface area contributed by atoms with Crippen LogP contribution in [0, 0.1) is 19.8 Å². The predicted octanol–water partition coefficient (Wildman–Crippen LogP) is 11.7. The molecular weight excluding hydrogens is 1690 g/mol. The molecule has 0 bridgehead atoms. The third-order valence-electron chi connectivity index (χ3n) is 23.9. The molecule has 35 nitrogen and oxygen atoms in total. The number of nitrogens with one attached hydrogen (secondary N) is 11. The van der Waals surface area contributed by atoms with Gasteiger partial charge in [0.15, 0.2) is 0 Å². The van der Waals surface area contributed by atoms with Crippen molar-refractivity contribution in [3.8, 4) is 42.3 Å². The van der Waals surface area contributed by atoms with E-state index in [4.69, 9.17) is 16.2 Å². The van der Waals surface area contributed by atoms with Gasteiger partial charge in [0.05, 0.1) is 89.0 Å². The maximum Gasteiger partial charge on any atom is 0.275 e. The molecule has 39 heteroatoms. The van der Waals surface area contributed by atoms with Crippen LogP contribution >= 0.6 is 45.3 Å². The molecule has 5 saturated heterocycles. The van der Waals surface area contributed by atoms with E-state index in [0.717, 1.165) is 141 Å². The van der Waals surface area contributed by atoms with E-state index >= 15 is 0 Å². The number of nitrogens with zero attached hydrogens (tertiary/aromatic N) is 13. The first-order chi connectivity index (χ1) is 61.4. The van der Waals surface area contributed by atoms with Crippen LogP contribution in [0.2, 0.25) is 0 Å². The number of hydrogen-bond donors (Lipinski definition) is 13. The Labute approximate surface area is 749 Å². The van der Waals surface area contributed by atoms with Crippen LogP contribution in [0.5, 0.6) is 0 Å². The highest BCUT2D eigenvalue weighted by molar-refractivity contribution is 7.14. The molecule has 12 aromatic rings. The van der Waals surface area contributed by atoms with Crippen molar-refractivity contribution in [3.63, 3.8) is 0 Å². The Morgan fingerprint density at radius 2 is 0.811 bits per heavy atom. The van der Waals surface area contributed by atoms with Crippen molar-refractivity contribution in [2.45, 2.75) is 109 Å². The SMILES string of the molecule is CC(=O)C1(N2CCOCC2)CCN(c2ccccc2NC(=O)c2csc(-c3cn[nH]c3)n2)CC1.CC1CCCN(c2ccccc2NC(=O)c2csc(-c3cn[nH]c3)n2)CC1.CNC1(C(N)=O)CCN(c2cc(C)c(NC(C)=O)cc2NC(=O)c2csc(-c3cn[nH]c3)n2)CC1.CNC1(C(N)=O)CCN(c2cc(C)ccc2NC(=O)c2csc(-c3cn[nH]c3)n2)CC1. The molecule has 5 fully saturated rings. The maximum atomic E-state index is 13.1. The topological polar surface area (TPSA) is 465 Å². The molecule has 15 N–H and O–H groups in total. The van der Waals surface area contributed by atoms with Crippen LogP contribution in [0.4, 0.5) is 51.2 Å². The van der Waals surface area contributed by atoms with E-state index in [0.29, 0.717) is 104 Å². The fourth-order valence-electron chi connectivity index (χ4n) is 16.4. The number of carbonyl (C=O) groups is 8. The molecular formula is C88H104N26O9S4. The lowest BCUT2D eigenvalue weighted by atomic mass is 9.81. The number of benzene rings is 4. The average molecular weight is 1800 g/mol. The van der Waals surface area contributed by atoms with E-state index in [1.165, 1.54) is 71.5 Å². The van der Waals surface area contributed by atoms with Crippen molar-refractivity contribution >= 4 is 144 Å². The van der Waals surface area contributed by atoms with Crippen LogP contribution in [0.15, 0.2) is 150 Å². The van der Waals surface area contributed by atoms with E-state index in [1.54, 1.807) is 98.2 Å². The van der Waals surface area contributed by atoms with Gasteiger partial charge in [-0.1, -0.05) is 37.3 Å². The fourth-order valence-corrected chi connectivity index (χ4v) is 19.5. The van der Waals surface area contributed by atoms with E-state index in [1.807, 2.05) is 80.6 Å². The summed E-state index contributed by atoms with van der Waals surface area (Å²) in [6, 6.07) is 25.4. The molecule has 0 radical (unpaired) electrons. The van der Waals surface area contributed by atoms with Gasteiger partial charge in [-0.3, -0.25) is 63.7 Å². The highest BCUT2D eigenvalue weighted by Crippen LogP contribution is 2.41. The van der Waals surface area contributed by atoms with Crippen LogP contribution in [-0.4, -0.2) is 222 Å². The second-order valence-corrected chi connectivity index (χ2v) is 35.3. The minimum atomic E-state index is -0.755. The lowest BCUT2D eigenvalue weighted by Gasteiger charge is -2.49. The van der Waals surface area contributed by atoms with Crippen molar-refractivity contribution in [2.24, 2.45) is 17.4 Å². The molecule has 664 valence electrons. The van der Waals surface area contributed by atoms with Gasteiger partial charge in [0.25, 0.3) is 23.6 Å². The molecule has 0 spiro atoms. The van der Waals surface area contributed by atoms with Crippen molar-refractivity contribution in [2.75, 3.05) is 139 Å². The molecule has 17 rings (SSSR count). The van der Waals surface area contributed by atoms with Crippen molar-refractivity contribution in [1.82, 2.24) is 76.3 Å². The standard InChI is InChI=1S/C24H28N6O3S.C23H28N8O3S.C21H25N7O2S.C20H23N5OS/c1-17(31)24(30-10-12-33-13-11-30)6-8-29(9-7-24)21-5-3-2-4-19(21)27-22(32)20-16-34-23(28-20)18-14-25-26-15-18;1-13-8-19(31-6-4-23(25-3,5-7-31)22(24)34)17(9-16(13)28-14(2)32)29-20(33)18-12-35-21(30-18)15-10-26-27-11-15;1-13-3-4-15(17(9-13)28-7-5-21(23-2,6-8-28)20(22)30)26-18(29)16-12-31-19(27-16)14-10-24-25-11-14;1-14-5-4-9-25(10-8-14)18-7-3-2-6-16(18)23-19(26)17-13-27-20(24-17)15-11-21-22-12-15/h2-5,14-16H,6-13H2,1H3,(H,25,26)(H,27,32);8-12,25H,4-7H2,1-3H3,(H2,24,34)(H,26,27)(H,28,32)(H,29,33);3-4,9-12,23H,5-8H2,1-2H3,(H2,22,30)(H,24,25)(H,26,29);2-3,6-7,11-14H,4-5,8-10H2,1H3,(H,21,22)(H,23,26). The number of para-hydroxylation sites is 4. The number of ether oxygens (including phenoxy) is 1. The van der Waals surface area contributed by atoms with E-state index in [2.05, 4.69) is 135 Å². The number of aromatic amines is 4. The summed E-state index contributed by atoms with van der Waals surface area (Å²) in [6.07, 6.45) is 21.1. The van der Waals surface area contributed by atoms with Crippen molar-refractivity contribution in [3.05, 3.63) is 184 Å². The lowest BCUT2D eigenvalue weighted by Crippen LogP contribution is -2.62. The highest BCUT2D eigenvalue weighted by atomic mass is 32.1. The molecule has 4 aromatic carbocycles. The number of H-pyrrole nitrogens is 4. The van der Waals surface area contributed by atoms with Gasteiger partial charge in [0, 0.05) is 147 Å². The highest BCUT2D eigenvalue weighted by Gasteiger charge is 2.46. The zero-order chi connectivity index (χ0) is 89.4. The monoisotopic (exact) mass is 1800 g/mol. The number of primary amides is 2. The van der Waals surface area contributed by atoms with E-state index in [-0.39, 0.29) is 52.8 Å². The summed E-state index contributed by atoms with van der Waals surface area (Å²) in [5, 5.41) is 57.7. The summed E-state index contributed by atoms with van der Waals surface area (Å²) in [5.41, 5.74) is 23.4. The molecule has 1 unspecified atom stereocenters. The Balaban J connectivity index is 0.000000138. The van der Waals surface area contributed by atoms with Gasteiger partial charge in [-0.05, 0) is 158 Å². The molecule has 5 aliphatic heterocycles. The third kappa shape index (κ3) is 21.5. The summed E-state index contributed by atoms with van der Waals surface area (Å²) in [7, 11) is 3.51. The van der Waals surface area contributed by atoms with Gasteiger partial charge in [-0.25, -0.2) is 19.9 Å². The number of anilines is 9. The summed E-state index contributed by atoms with van der Waals surface area (Å²) in [5.74, 6) is -0.991. The second-order valence-electron chi connectivity index (χ2n) is 31.9. The van der Waals surface area contributed by atoms with Gasteiger partial charge in [-0.15, -0.1) is 45.3 Å². The Morgan fingerprint density at radius 3 is 1.20 bits per heavy atom. The van der Waals surface area contributed by atoms with Crippen LogP contribution in [-0.2, 0) is 23.9 Å². The number of ketones is 1. The smallest absolute Gasteiger partial charge is 0.275 e. The molecule has 13 heterocycles. The number of piperidine rings is 3. The lowest BCUT2D eigenvalue weighted by molar-refractivity contribution is -0.134. The largest absolute Gasteiger partial charge is 0.379 e. The van der Waals surface area contributed by atoms with E-state index in [9.17, 15) is 38.4 Å². The second kappa shape index (κ2) is 41.1. The first-order valence-corrected chi connectivity index (χ1v) is 45.5. The number of aryl methyl sites for hydroxylation is 2. The number of thiazole rings is 4. The predicted molar refractivity (Wildman–Crippen MR) is 497 cm³/mol. The van der Waals surface area contributed by atoms with Gasteiger partial charge in [0.2, 0.25) is 17.7 Å². The van der Waals surface area contributed by atoms with E-state index < -0.39 is 16.6 Å². The number of aromatic nitrogens is 12. The van der Waals surface area contributed by atoms with Gasteiger partial charge < -0.3 is 73.0 Å². The number of hydrogen-bond acceptors (Lipinski definition) is 28. The minimum Gasteiger partial charge on any atom is -0.379 e. The van der Waals surface area contributed by atoms with Crippen LogP contribution < -0.4 is 68.3 Å². The van der Waals surface area contributed by atoms with Gasteiger partial charge in [-0.2, -0.15) is 20.4 Å². The quantitative estimate of drug-likeness (QED) is 0.0283. The molecule has 7 amide bonds. The van der Waals surface area contributed by atoms with Crippen molar-refractivity contribution < 1.29 is 43.1 Å². The molecule has 1 atom stereocenters. The number of likely N-dealkylation sites (N-methyl/N-ethyl adjacent to an activating group) is 2. The Hall–Kier alpha value is -12.8. The number of carbonyl (C=O) groups excluding carboxylic acids is 8. The summed E-state index contributed by atoms with van der Waals surface area (Å²) < 4.78 is 5.50. The number of morpholine rings is 1. The zero-order valence-corrected chi connectivity index (χ0v) is 74.9. The molecule has 0 aliphatic carbocycles. The number of rotatable bonds is 23. The molecule has 5 aliphatic rings. The van der Waals surface area contributed by atoms with Crippen LogP contribution in [0.25, 0.3) is 42.3 Å². The first kappa shape index (κ1) is 90.5.